The number of piperidine rings is 1. The highest BCUT2D eigenvalue weighted by atomic mass is 19.4. The van der Waals surface area contributed by atoms with E-state index in [1.165, 1.54) is 18.2 Å². The van der Waals surface area contributed by atoms with Crippen LogP contribution in [0.1, 0.15) is 11.1 Å². The molecule has 3 rings (SSSR count). The van der Waals surface area contributed by atoms with E-state index in [2.05, 4.69) is 11.9 Å². The first kappa shape index (κ1) is 15.1. The van der Waals surface area contributed by atoms with Gasteiger partial charge in [-0.1, -0.05) is 24.8 Å². The fourth-order valence-corrected chi connectivity index (χ4v) is 3.23. The van der Waals surface area contributed by atoms with Crippen LogP contribution in [0.15, 0.2) is 36.9 Å². The Balaban J connectivity index is 1.52. The lowest BCUT2D eigenvalue weighted by molar-refractivity contribution is -0.137. The summed E-state index contributed by atoms with van der Waals surface area (Å²) in [6, 6.07) is 5.67. The van der Waals surface area contributed by atoms with Crippen LogP contribution in [-0.2, 0) is 17.5 Å². The molecule has 1 aromatic rings. The van der Waals surface area contributed by atoms with Gasteiger partial charge in [0.1, 0.15) is 0 Å². The minimum absolute atomic E-state index is 0.0520. The fourth-order valence-electron chi connectivity index (χ4n) is 3.23. The smallest absolute Gasteiger partial charge is 0.338 e. The molecule has 1 N–H and O–H groups in total. The topological polar surface area (TPSA) is 32.3 Å². The second-order valence-corrected chi connectivity index (χ2v) is 5.88. The van der Waals surface area contributed by atoms with Gasteiger partial charge in [0.05, 0.1) is 5.56 Å². The Kier molecular flexibility index (Phi) is 3.72. The molecule has 2 aliphatic rings. The van der Waals surface area contributed by atoms with E-state index in [9.17, 15) is 18.0 Å². The summed E-state index contributed by atoms with van der Waals surface area (Å²) < 4.78 is 38.0. The number of halogens is 3. The molecular formula is C16H17F3N2O. The maximum atomic E-state index is 12.7. The number of carbonyl (C=O) groups excluding carboxylic acids is 1. The predicted octanol–water partition coefficient (Wildman–Crippen LogP) is 2.44. The van der Waals surface area contributed by atoms with Crippen LogP contribution in [0, 0.1) is 11.8 Å². The van der Waals surface area contributed by atoms with E-state index >= 15 is 0 Å². The van der Waals surface area contributed by atoms with E-state index in [4.69, 9.17) is 0 Å². The van der Waals surface area contributed by atoms with E-state index < -0.39 is 11.7 Å². The molecule has 0 unspecified atom stereocenters. The van der Waals surface area contributed by atoms with Crippen LogP contribution in [0.3, 0.4) is 0 Å². The van der Waals surface area contributed by atoms with Crippen molar-refractivity contribution in [1.29, 1.82) is 0 Å². The summed E-state index contributed by atoms with van der Waals surface area (Å²) in [6.07, 6.45) is -2.99. The van der Waals surface area contributed by atoms with Crippen molar-refractivity contribution in [2.24, 2.45) is 11.8 Å². The Bertz CT molecular complexity index is 587. The predicted molar refractivity (Wildman–Crippen MR) is 75.8 cm³/mol. The van der Waals surface area contributed by atoms with Crippen molar-refractivity contribution in [3.8, 4) is 0 Å². The molecule has 3 nitrogen and oxygen atoms in total. The molecule has 1 saturated heterocycles. The van der Waals surface area contributed by atoms with Crippen molar-refractivity contribution >= 4 is 5.91 Å². The van der Waals surface area contributed by atoms with Crippen LogP contribution in [0.5, 0.6) is 0 Å². The zero-order valence-corrected chi connectivity index (χ0v) is 11.9. The molecule has 1 saturated carbocycles. The van der Waals surface area contributed by atoms with E-state index in [0.717, 1.165) is 6.07 Å². The maximum Gasteiger partial charge on any atom is 0.416 e. The average Bonchev–Trinajstić information content (AvgIpc) is 2.93. The van der Waals surface area contributed by atoms with Crippen molar-refractivity contribution in [3.63, 3.8) is 0 Å². The summed E-state index contributed by atoms with van der Waals surface area (Å²) in [4.78, 5) is 13.2. The number of hydrogen-bond donors (Lipinski definition) is 1. The molecule has 6 heteroatoms. The molecular weight excluding hydrogens is 293 g/mol. The number of nitrogens with zero attached hydrogens (tertiary/aromatic N) is 1. The van der Waals surface area contributed by atoms with Crippen molar-refractivity contribution in [1.82, 2.24) is 10.2 Å². The number of carbonyl (C=O) groups is 1. The normalized spacial score (nSPS) is 26.7. The highest BCUT2D eigenvalue weighted by molar-refractivity contribution is 5.87. The number of rotatable bonds is 4. The molecule has 0 spiro atoms. The fraction of sp³-hybridized carbons (Fsp3) is 0.438. The lowest BCUT2D eigenvalue weighted by atomic mass is 10.1. The van der Waals surface area contributed by atoms with Gasteiger partial charge in [0.2, 0.25) is 5.91 Å². The van der Waals surface area contributed by atoms with Crippen molar-refractivity contribution in [2.45, 2.75) is 18.8 Å². The number of alkyl halides is 3. The summed E-state index contributed by atoms with van der Waals surface area (Å²) in [6.45, 7) is 5.29. The van der Waals surface area contributed by atoms with E-state index in [1.54, 1.807) is 11.0 Å². The number of amides is 1. The lowest BCUT2D eigenvalue weighted by Crippen LogP contribution is -2.34. The Morgan fingerprint density at radius 2 is 2.05 bits per heavy atom. The molecule has 0 radical (unpaired) electrons. The molecule has 0 bridgehead atoms. The summed E-state index contributed by atoms with van der Waals surface area (Å²) in [7, 11) is 0. The number of likely N-dealkylation sites (tertiary alicyclic amines) is 1. The van der Waals surface area contributed by atoms with Crippen LogP contribution in [0.25, 0.3) is 0 Å². The van der Waals surface area contributed by atoms with Gasteiger partial charge >= 0.3 is 6.18 Å². The molecule has 2 fully saturated rings. The van der Waals surface area contributed by atoms with E-state index in [-0.39, 0.29) is 5.91 Å². The minimum Gasteiger partial charge on any atom is -0.338 e. The second kappa shape index (κ2) is 5.43. The van der Waals surface area contributed by atoms with Gasteiger partial charge in [-0.05, 0) is 29.5 Å². The Morgan fingerprint density at radius 1 is 1.36 bits per heavy atom. The van der Waals surface area contributed by atoms with Gasteiger partial charge in [0, 0.05) is 25.7 Å². The summed E-state index contributed by atoms with van der Waals surface area (Å²) >= 11 is 0. The molecule has 0 aromatic heterocycles. The Morgan fingerprint density at radius 3 is 2.64 bits per heavy atom. The monoisotopic (exact) mass is 310 g/mol. The van der Waals surface area contributed by atoms with Crippen LogP contribution < -0.4 is 5.32 Å². The molecule has 118 valence electrons. The maximum absolute atomic E-state index is 12.7. The highest BCUT2D eigenvalue weighted by Crippen LogP contribution is 2.45. The molecule has 1 aromatic carbocycles. The van der Waals surface area contributed by atoms with Crippen LogP contribution in [0.4, 0.5) is 13.2 Å². The summed E-state index contributed by atoms with van der Waals surface area (Å²) in [5, 5.41) is 3.30. The van der Waals surface area contributed by atoms with Gasteiger partial charge in [-0.3, -0.25) is 4.79 Å². The Labute approximate surface area is 126 Å². The van der Waals surface area contributed by atoms with Gasteiger partial charge < -0.3 is 10.2 Å². The van der Waals surface area contributed by atoms with Crippen LogP contribution in [0.2, 0.25) is 0 Å². The molecule has 1 amide bonds. The van der Waals surface area contributed by atoms with Crippen LogP contribution >= 0.6 is 0 Å². The minimum atomic E-state index is -4.31. The van der Waals surface area contributed by atoms with Gasteiger partial charge in [-0.25, -0.2) is 0 Å². The average molecular weight is 310 g/mol. The summed E-state index contributed by atoms with van der Waals surface area (Å²) in [5.41, 5.74) is 0.00404. The van der Waals surface area contributed by atoms with Crippen molar-refractivity contribution in [3.05, 3.63) is 48.0 Å². The van der Waals surface area contributed by atoms with Gasteiger partial charge in [-0.2, -0.15) is 13.2 Å². The van der Waals surface area contributed by atoms with Gasteiger partial charge in [0.25, 0.3) is 0 Å². The number of fused-ring (bicyclic) bond motifs is 1. The Hall–Kier alpha value is -1.82. The third-order valence-electron chi connectivity index (χ3n) is 4.48. The van der Waals surface area contributed by atoms with Crippen molar-refractivity contribution < 1.29 is 18.0 Å². The first-order valence-corrected chi connectivity index (χ1v) is 7.21. The zero-order valence-electron chi connectivity index (χ0n) is 11.9. The SMILES string of the molecule is C=CC(=O)N1C[C@@H]2[C@H](C1)[C@H]2NCc1cccc(C(F)(F)F)c1. The number of benzene rings is 1. The molecule has 1 heterocycles. The quantitative estimate of drug-likeness (QED) is 0.866. The van der Waals surface area contributed by atoms with E-state index in [0.29, 0.717) is 43.1 Å². The molecule has 3 atom stereocenters. The largest absolute Gasteiger partial charge is 0.416 e. The third-order valence-corrected chi connectivity index (χ3v) is 4.48. The third kappa shape index (κ3) is 2.88. The second-order valence-electron chi connectivity index (χ2n) is 5.88. The first-order chi connectivity index (χ1) is 10.4. The molecule has 1 aliphatic carbocycles. The highest BCUT2D eigenvalue weighted by Gasteiger charge is 2.56. The first-order valence-electron chi connectivity index (χ1n) is 7.21. The van der Waals surface area contributed by atoms with E-state index in [1.807, 2.05) is 0 Å². The number of hydrogen-bond acceptors (Lipinski definition) is 2. The summed E-state index contributed by atoms with van der Waals surface area (Å²) in [5.74, 6) is 0.772. The van der Waals surface area contributed by atoms with Gasteiger partial charge in [-0.15, -0.1) is 0 Å². The molecule has 22 heavy (non-hydrogen) atoms. The van der Waals surface area contributed by atoms with Gasteiger partial charge in [0.15, 0.2) is 0 Å². The molecule has 1 aliphatic heterocycles. The van der Waals surface area contributed by atoms with Crippen molar-refractivity contribution in [2.75, 3.05) is 13.1 Å². The lowest BCUT2D eigenvalue weighted by Gasteiger charge is -2.18. The number of nitrogens with one attached hydrogen (secondary N) is 1. The van der Waals surface area contributed by atoms with Crippen LogP contribution in [-0.4, -0.2) is 29.9 Å². The zero-order chi connectivity index (χ0) is 15.9. The standard InChI is InChI=1S/C16H17F3N2O/c1-2-14(22)21-8-12-13(9-21)15(12)20-7-10-4-3-5-11(6-10)16(17,18)19/h2-6,12-13,15,20H,1,7-9H2/t12-,13+,15+.